The molecule has 7 nitrogen and oxygen atoms in total. The first-order chi connectivity index (χ1) is 15.9. The van der Waals surface area contributed by atoms with Crippen LogP contribution in [0, 0.1) is 0 Å². The number of amides is 2. The number of nitrogens with one attached hydrogen (secondary N) is 2. The van der Waals surface area contributed by atoms with Crippen LogP contribution >= 0.6 is 0 Å². The van der Waals surface area contributed by atoms with E-state index in [1.807, 2.05) is 43.3 Å². The van der Waals surface area contributed by atoms with Gasteiger partial charge in [0, 0.05) is 5.92 Å². The van der Waals surface area contributed by atoms with Crippen LogP contribution in [-0.4, -0.2) is 41.3 Å². The topological polar surface area (TPSA) is 105 Å². The molecule has 174 valence electrons. The van der Waals surface area contributed by atoms with Crippen LogP contribution in [0.4, 0.5) is 4.79 Å². The zero-order chi connectivity index (χ0) is 23.4. The second-order valence-electron chi connectivity index (χ2n) is 8.89. The van der Waals surface area contributed by atoms with Crippen LogP contribution in [-0.2, 0) is 14.3 Å². The number of hydrogen-bond acceptors (Lipinski definition) is 4. The molecule has 1 atom stereocenters. The van der Waals surface area contributed by atoms with Gasteiger partial charge in [0.2, 0.25) is 5.91 Å². The van der Waals surface area contributed by atoms with Crippen LogP contribution in [0.3, 0.4) is 0 Å². The lowest BCUT2D eigenvalue weighted by molar-refractivity contribution is -0.143. The number of ether oxygens (including phenoxy) is 1. The summed E-state index contributed by atoms with van der Waals surface area (Å²) in [5, 5.41) is 14.8. The maximum absolute atomic E-state index is 13.0. The standard InChI is InChI=1S/C26H30N2O5/c1-2-9-22(23(29)30)27-24(31)26(14-7-8-15-26)28-25(32)33-16-21-19-12-5-3-10-17(19)18-11-4-6-13-20(18)21/h3-6,10-13,21-22H,2,7-9,14-16H2,1H3,(H,27,31)(H,28,32)(H,29,30). The van der Waals surface area contributed by atoms with E-state index >= 15 is 0 Å². The molecule has 1 saturated carbocycles. The van der Waals surface area contributed by atoms with Gasteiger partial charge in [0.1, 0.15) is 18.2 Å². The largest absolute Gasteiger partial charge is 0.480 e. The number of carboxylic acids is 1. The molecule has 7 heteroatoms. The third kappa shape index (κ3) is 4.58. The van der Waals surface area contributed by atoms with Gasteiger partial charge in [-0.2, -0.15) is 0 Å². The van der Waals surface area contributed by atoms with E-state index in [2.05, 4.69) is 22.8 Å². The summed E-state index contributed by atoms with van der Waals surface area (Å²) < 4.78 is 5.63. The first kappa shape index (κ1) is 22.8. The Bertz CT molecular complexity index is 999. The molecular formula is C26H30N2O5. The van der Waals surface area contributed by atoms with Crippen molar-refractivity contribution in [1.82, 2.24) is 10.6 Å². The summed E-state index contributed by atoms with van der Waals surface area (Å²) in [5.41, 5.74) is 3.38. The summed E-state index contributed by atoms with van der Waals surface area (Å²) in [6, 6.07) is 15.2. The Hall–Kier alpha value is -3.35. The van der Waals surface area contributed by atoms with E-state index in [0.717, 1.165) is 35.1 Å². The summed E-state index contributed by atoms with van der Waals surface area (Å²) in [5.74, 6) is -1.59. The molecule has 0 heterocycles. The number of benzene rings is 2. The lowest BCUT2D eigenvalue weighted by Crippen LogP contribution is -2.59. The van der Waals surface area contributed by atoms with Gasteiger partial charge in [-0.1, -0.05) is 74.7 Å². The molecule has 1 unspecified atom stereocenters. The monoisotopic (exact) mass is 450 g/mol. The van der Waals surface area contributed by atoms with E-state index in [-0.39, 0.29) is 12.5 Å². The molecule has 0 bridgehead atoms. The molecule has 0 saturated heterocycles. The van der Waals surface area contributed by atoms with Crippen LogP contribution in [0.5, 0.6) is 0 Å². The van der Waals surface area contributed by atoms with Gasteiger partial charge in [0.25, 0.3) is 0 Å². The third-order valence-corrected chi connectivity index (χ3v) is 6.76. The van der Waals surface area contributed by atoms with Crippen molar-refractivity contribution in [1.29, 1.82) is 0 Å². The fourth-order valence-electron chi connectivity index (χ4n) is 5.06. The quantitative estimate of drug-likeness (QED) is 0.559. The minimum atomic E-state index is -1.13. The molecule has 3 N–H and O–H groups in total. The van der Waals surface area contributed by atoms with Gasteiger partial charge in [-0.05, 0) is 41.5 Å². The minimum absolute atomic E-state index is 0.0718. The van der Waals surface area contributed by atoms with Crippen molar-refractivity contribution in [3.8, 4) is 11.1 Å². The van der Waals surface area contributed by atoms with Crippen molar-refractivity contribution in [2.24, 2.45) is 0 Å². The predicted octanol–water partition coefficient (Wildman–Crippen LogP) is 4.21. The van der Waals surface area contributed by atoms with E-state index < -0.39 is 29.6 Å². The van der Waals surface area contributed by atoms with Gasteiger partial charge in [-0.15, -0.1) is 0 Å². The zero-order valence-electron chi connectivity index (χ0n) is 18.8. The lowest BCUT2D eigenvalue weighted by Gasteiger charge is -2.30. The first-order valence-electron chi connectivity index (χ1n) is 11.6. The van der Waals surface area contributed by atoms with E-state index in [1.165, 1.54) is 0 Å². The highest BCUT2D eigenvalue weighted by Gasteiger charge is 2.44. The van der Waals surface area contributed by atoms with Crippen molar-refractivity contribution in [2.45, 2.75) is 62.9 Å². The van der Waals surface area contributed by atoms with Gasteiger partial charge in [0.15, 0.2) is 0 Å². The van der Waals surface area contributed by atoms with Gasteiger partial charge in [-0.25, -0.2) is 9.59 Å². The normalized spacial score (nSPS) is 17.0. The zero-order valence-corrected chi connectivity index (χ0v) is 18.8. The minimum Gasteiger partial charge on any atom is -0.480 e. The van der Waals surface area contributed by atoms with Crippen molar-refractivity contribution in [3.05, 3.63) is 59.7 Å². The smallest absolute Gasteiger partial charge is 0.408 e. The second-order valence-corrected chi connectivity index (χ2v) is 8.89. The molecule has 0 aliphatic heterocycles. The third-order valence-electron chi connectivity index (χ3n) is 6.76. The number of carbonyl (C=O) groups excluding carboxylic acids is 2. The summed E-state index contributed by atoms with van der Waals surface area (Å²) in [4.78, 5) is 37.3. The Balaban J connectivity index is 1.44. The maximum atomic E-state index is 13.0. The van der Waals surface area contributed by atoms with E-state index in [0.29, 0.717) is 25.7 Å². The van der Waals surface area contributed by atoms with Crippen LogP contribution in [0.25, 0.3) is 11.1 Å². The van der Waals surface area contributed by atoms with Gasteiger partial charge in [0.05, 0.1) is 0 Å². The molecule has 0 radical (unpaired) electrons. The van der Waals surface area contributed by atoms with Crippen LogP contribution in [0.15, 0.2) is 48.5 Å². The Morgan fingerprint density at radius 2 is 1.61 bits per heavy atom. The number of rotatable bonds is 8. The van der Waals surface area contributed by atoms with Gasteiger partial charge in [-0.3, -0.25) is 4.79 Å². The first-order valence-corrected chi connectivity index (χ1v) is 11.6. The molecule has 2 amide bonds. The molecule has 2 aromatic carbocycles. The lowest BCUT2D eigenvalue weighted by atomic mass is 9.95. The fourth-order valence-corrected chi connectivity index (χ4v) is 5.06. The number of alkyl carbamates (subject to hydrolysis) is 1. The summed E-state index contributed by atoms with van der Waals surface area (Å²) in [6.07, 6.45) is 2.79. The molecule has 2 aromatic rings. The second kappa shape index (κ2) is 9.65. The molecular weight excluding hydrogens is 420 g/mol. The summed E-state index contributed by atoms with van der Waals surface area (Å²) in [6.45, 7) is 2.02. The van der Waals surface area contributed by atoms with E-state index in [9.17, 15) is 19.5 Å². The van der Waals surface area contributed by atoms with Gasteiger partial charge < -0.3 is 20.5 Å². The molecule has 2 aliphatic rings. The number of carbonyl (C=O) groups is 3. The predicted molar refractivity (Wildman–Crippen MR) is 124 cm³/mol. The molecule has 0 spiro atoms. The van der Waals surface area contributed by atoms with Crippen molar-refractivity contribution >= 4 is 18.0 Å². The highest BCUT2D eigenvalue weighted by molar-refractivity contribution is 5.93. The van der Waals surface area contributed by atoms with E-state index in [4.69, 9.17) is 4.74 Å². The highest BCUT2D eigenvalue weighted by atomic mass is 16.5. The summed E-state index contributed by atoms with van der Waals surface area (Å²) >= 11 is 0. The highest BCUT2D eigenvalue weighted by Crippen LogP contribution is 2.44. The maximum Gasteiger partial charge on any atom is 0.408 e. The van der Waals surface area contributed by atoms with Crippen molar-refractivity contribution in [2.75, 3.05) is 6.61 Å². The molecule has 0 aromatic heterocycles. The molecule has 1 fully saturated rings. The van der Waals surface area contributed by atoms with Crippen molar-refractivity contribution in [3.63, 3.8) is 0 Å². The Morgan fingerprint density at radius 1 is 1.03 bits per heavy atom. The van der Waals surface area contributed by atoms with Crippen LogP contribution in [0.2, 0.25) is 0 Å². The molecule has 4 rings (SSSR count). The Morgan fingerprint density at radius 3 is 2.15 bits per heavy atom. The SMILES string of the molecule is CCCC(NC(=O)C1(NC(=O)OCC2c3ccccc3-c3ccccc32)CCCC1)C(=O)O. The molecule has 33 heavy (non-hydrogen) atoms. The van der Waals surface area contributed by atoms with E-state index in [1.54, 1.807) is 0 Å². The number of aliphatic carboxylic acids is 1. The van der Waals surface area contributed by atoms with Gasteiger partial charge >= 0.3 is 12.1 Å². The average Bonchev–Trinajstić information content (AvgIpc) is 3.41. The van der Waals surface area contributed by atoms with Crippen molar-refractivity contribution < 1.29 is 24.2 Å². The summed E-state index contributed by atoms with van der Waals surface area (Å²) in [7, 11) is 0. The number of fused-ring (bicyclic) bond motifs is 3. The fraction of sp³-hybridized carbons (Fsp3) is 0.423. The van der Waals surface area contributed by atoms with Crippen LogP contribution < -0.4 is 10.6 Å². The van der Waals surface area contributed by atoms with Crippen LogP contribution in [0.1, 0.15) is 62.5 Å². The average molecular weight is 451 g/mol. The number of carboxylic acid groups (broad SMARTS) is 1. The number of hydrogen-bond donors (Lipinski definition) is 3. The Kier molecular flexibility index (Phi) is 6.67. The Labute approximate surface area is 193 Å². The molecule has 2 aliphatic carbocycles.